The van der Waals surface area contributed by atoms with Crippen molar-refractivity contribution < 1.29 is 4.52 Å². The predicted octanol–water partition coefficient (Wildman–Crippen LogP) is 3.94. The number of halogens is 1. The molecule has 0 saturated heterocycles. The molecule has 0 saturated carbocycles. The molecule has 0 amide bonds. The van der Waals surface area contributed by atoms with Gasteiger partial charge in [-0.1, -0.05) is 30.1 Å². The molecule has 0 aliphatic heterocycles. The van der Waals surface area contributed by atoms with Crippen LogP contribution in [-0.4, -0.2) is 10.1 Å². The molecule has 4 nitrogen and oxygen atoms in total. The first kappa shape index (κ1) is 14.2. The molecular formula is C13H16ClN3OS. The van der Waals surface area contributed by atoms with E-state index in [9.17, 15) is 0 Å². The number of nitrogens with two attached hydrogens (primary N) is 1. The molecule has 1 aromatic heterocycles. The third kappa shape index (κ3) is 4.14. The second-order valence-electron chi connectivity index (χ2n) is 4.18. The second kappa shape index (κ2) is 6.82. The molecule has 0 bridgehead atoms. The summed E-state index contributed by atoms with van der Waals surface area (Å²) in [6, 6.07) is 5.41. The Hall–Kier alpha value is -1.20. The summed E-state index contributed by atoms with van der Waals surface area (Å²) in [5.41, 5.74) is 6.59. The van der Waals surface area contributed by atoms with Crippen molar-refractivity contribution in [2.75, 3.05) is 5.73 Å². The molecule has 6 heteroatoms. The molecule has 1 heterocycles. The van der Waals surface area contributed by atoms with Gasteiger partial charge in [0.1, 0.15) is 0 Å². The van der Waals surface area contributed by atoms with Crippen molar-refractivity contribution in [3.63, 3.8) is 0 Å². The number of benzene rings is 1. The zero-order chi connectivity index (χ0) is 13.7. The van der Waals surface area contributed by atoms with Crippen molar-refractivity contribution in [1.29, 1.82) is 0 Å². The van der Waals surface area contributed by atoms with Crippen LogP contribution in [0.1, 0.15) is 31.5 Å². The van der Waals surface area contributed by atoms with Crippen molar-refractivity contribution in [3.05, 3.63) is 34.9 Å². The first-order chi connectivity index (χ1) is 9.19. The fourth-order valence-electron chi connectivity index (χ4n) is 1.56. The summed E-state index contributed by atoms with van der Waals surface area (Å²) in [6.07, 6.45) is 3.06. The van der Waals surface area contributed by atoms with Gasteiger partial charge in [-0.2, -0.15) is 4.98 Å². The number of hydrogen-bond donors (Lipinski definition) is 1. The Morgan fingerprint density at radius 1 is 1.42 bits per heavy atom. The van der Waals surface area contributed by atoms with E-state index in [4.69, 9.17) is 21.9 Å². The standard InChI is InChI=1S/C13H16ClN3OS/c1-2-3-4-12-16-13(18-17-12)8-19-11-7-9(14)5-6-10(11)15/h5-7H,2-4,8,15H2,1H3. The monoisotopic (exact) mass is 297 g/mol. The molecule has 0 atom stereocenters. The fourth-order valence-corrected chi connectivity index (χ4v) is 2.64. The highest BCUT2D eigenvalue weighted by atomic mass is 35.5. The maximum Gasteiger partial charge on any atom is 0.237 e. The molecule has 0 fully saturated rings. The first-order valence-electron chi connectivity index (χ1n) is 6.18. The van der Waals surface area contributed by atoms with Gasteiger partial charge in [-0.05, 0) is 24.6 Å². The molecule has 102 valence electrons. The van der Waals surface area contributed by atoms with Crippen LogP contribution in [0.5, 0.6) is 0 Å². The van der Waals surface area contributed by atoms with Crippen molar-refractivity contribution in [1.82, 2.24) is 10.1 Å². The smallest absolute Gasteiger partial charge is 0.237 e. The Labute approximate surface area is 121 Å². The van der Waals surface area contributed by atoms with Gasteiger partial charge in [0.2, 0.25) is 5.89 Å². The van der Waals surface area contributed by atoms with Gasteiger partial charge in [0.25, 0.3) is 0 Å². The number of nitrogens with zero attached hydrogens (tertiary/aromatic N) is 2. The van der Waals surface area contributed by atoms with Crippen LogP contribution in [0.25, 0.3) is 0 Å². The summed E-state index contributed by atoms with van der Waals surface area (Å²) in [5, 5.41) is 4.62. The van der Waals surface area contributed by atoms with Crippen LogP contribution in [0.3, 0.4) is 0 Å². The lowest BCUT2D eigenvalue weighted by Gasteiger charge is -2.03. The van der Waals surface area contributed by atoms with Crippen molar-refractivity contribution in [2.24, 2.45) is 0 Å². The molecule has 1 aromatic carbocycles. The summed E-state index contributed by atoms with van der Waals surface area (Å²) in [5.74, 6) is 2.00. The van der Waals surface area contributed by atoms with Crippen LogP contribution < -0.4 is 5.73 Å². The zero-order valence-electron chi connectivity index (χ0n) is 10.7. The lowest BCUT2D eigenvalue weighted by atomic mass is 10.2. The fraction of sp³-hybridized carbons (Fsp3) is 0.385. The average molecular weight is 298 g/mol. The molecule has 19 heavy (non-hydrogen) atoms. The van der Waals surface area contributed by atoms with Crippen LogP contribution in [0, 0.1) is 0 Å². The van der Waals surface area contributed by atoms with Crippen LogP contribution in [-0.2, 0) is 12.2 Å². The van der Waals surface area contributed by atoms with Gasteiger partial charge in [-0.25, -0.2) is 0 Å². The van der Waals surface area contributed by atoms with Gasteiger partial charge in [-0.15, -0.1) is 11.8 Å². The molecule has 0 radical (unpaired) electrons. The summed E-state index contributed by atoms with van der Waals surface area (Å²) >= 11 is 7.49. The number of rotatable bonds is 6. The molecule has 2 N–H and O–H groups in total. The summed E-state index contributed by atoms with van der Waals surface area (Å²) in [6.45, 7) is 2.14. The third-order valence-corrected chi connectivity index (χ3v) is 3.88. The quantitative estimate of drug-likeness (QED) is 0.646. The number of thioether (sulfide) groups is 1. The zero-order valence-corrected chi connectivity index (χ0v) is 12.3. The van der Waals surface area contributed by atoms with E-state index in [-0.39, 0.29) is 0 Å². The molecule has 2 rings (SSSR count). The Balaban J connectivity index is 1.94. The van der Waals surface area contributed by atoms with Crippen molar-refractivity contribution in [2.45, 2.75) is 36.8 Å². The molecule has 0 aliphatic rings. The lowest BCUT2D eigenvalue weighted by molar-refractivity contribution is 0.384. The van der Waals surface area contributed by atoms with Gasteiger partial charge in [0.05, 0.1) is 5.75 Å². The predicted molar refractivity (Wildman–Crippen MR) is 78.3 cm³/mol. The number of hydrogen-bond acceptors (Lipinski definition) is 5. The van der Waals surface area contributed by atoms with E-state index in [1.807, 2.05) is 6.07 Å². The van der Waals surface area contributed by atoms with Gasteiger partial charge < -0.3 is 10.3 Å². The summed E-state index contributed by atoms with van der Waals surface area (Å²) in [7, 11) is 0. The number of unbranched alkanes of at least 4 members (excludes halogenated alkanes) is 1. The van der Waals surface area contributed by atoms with E-state index in [2.05, 4.69) is 17.1 Å². The molecule has 0 spiro atoms. The van der Waals surface area contributed by atoms with Crippen LogP contribution >= 0.6 is 23.4 Å². The minimum Gasteiger partial charge on any atom is -0.398 e. The Morgan fingerprint density at radius 2 is 2.26 bits per heavy atom. The summed E-state index contributed by atoms with van der Waals surface area (Å²) < 4.78 is 5.20. The van der Waals surface area contributed by atoms with Crippen LogP contribution in [0.2, 0.25) is 5.02 Å². The van der Waals surface area contributed by atoms with E-state index >= 15 is 0 Å². The topological polar surface area (TPSA) is 64.9 Å². The van der Waals surface area contributed by atoms with Crippen molar-refractivity contribution >= 4 is 29.1 Å². The second-order valence-corrected chi connectivity index (χ2v) is 5.63. The minimum atomic E-state index is 0.601. The van der Waals surface area contributed by atoms with Crippen molar-refractivity contribution in [3.8, 4) is 0 Å². The Kier molecular flexibility index (Phi) is 5.10. The van der Waals surface area contributed by atoms with E-state index in [1.54, 1.807) is 23.9 Å². The number of aryl methyl sites for hydroxylation is 1. The largest absolute Gasteiger partial charge is 0.398 e. The third-order valence-electron chi connectivity index (χ3n) is 2.59. The van der Waals surface area contributed by atoms with Gasteiger partial charge >= 0.3 is 0 Å². The van der Waals surface area contributed by atoms with Crippen LogP contribution in [0.15, 0.2) is 27.6 Å². The maximum atomic E-state index is 5.94. The van der Waals surface area contributed by atoms with Gasteiger partial charge in [0.15, 0.2) is 5.82 Å². The molecular weight excluding hydrogens is 282 g/mol. The van der Waals surface area contributed by atoms with E-state index < -0.39 is 0 Å². The normalized spacial score (nSPS) is 10.8. The SMILES string of the molecule is CCCCc1noc(CSc2cc(Cl)ccc2N)n1. The van der Waals surface area contributed by atoms with Crippen LogP contribution in [0.4, 0.5) is 5.69 Å². The van der Waals surface area contributed by atoms with Gasteiger partial charge in [-0.3, -0.25) is 0 Å². The first-order valence-corrected chi connectivity index (χ1v) is 7.54. The minimum absolute atomic E-state index is 0.601. The van der Waals surface area contributed by atoms with E-state index in [0.29, 0.717) is 22.4 Å². The highest BCUT2D eigenvalue weighted by molar-refractivity contribution is 7.98. The lowest BCUT2D eigenvalue weighted by Crippen LogP contribution is -1.90. The average Bonchev–Trinajstić information content (AvgIpc) is 2.85. The maximum absolute atomic E-state index is 5.94. The number of anilines is 1. The van der Waals surface area contributed by atoms with E-state index in [1.165, 1.54) is 0 Å². The molecule has 0 aliphatic carbocycles. The number of aromatic nitrogens is 2. The highest BCUT2D eigenvalue weighted by Crippen LogP contribution is 2.30. The molecule has 0 unspecified atom stereocenters. The molecule has 2 aromatic rings. The van der Waals surface area contributed by atoms with E-state index in [0.717, 1.165) is 30.0 Å². The highest BCUT2D eigenvalue weighted by Gasteiger charge is 2.08. The Bertz CT molecular complexity index is 544. The van der Waals surface area contributed by atoms with Gasteiger partial charge in [0, 0.05) is 22.0 Å². The summed E-state index contributed by atoms with van der Waals surface area (Å²) in [4.78, 5) is 5.27. The Morgan fingerprint density at radius 3 is 3.05 bits per heavy atom. The number of nitrogen functional groups attached to an aromatic ring is 1.